The van der Waals surface area contributed by atoms with Crippen LogP contribution < -0.4 is 0.0314 Å². The van der Waals surface area contributed by atoms with Crippen LogP contribution in [0.1, 0.15) is 10.4 Å². The summed E-state index contributed by atoms with van der Waals surface area (Å²) in [6.45, 7) is 0. The first-order chi connectivity index (χ1) is 12.0. The summed E-state index contributed by atoms with van der Waals surface area (Å²) < 4.78 is 134. The van der Waals surface area contributed by atoms with Gasteiger partial charge in [0.2, 0.25) is 0 Å². The molecule has 0 fully saturated rings. The summed E-state index contributed by atoms with van der Waals surface area (Å²) in [6, 6.07) is 0. The van der Waals surface area contributed by atoms with Gasteiger partial charge in [-0.3, -0.25) is 0 Å². The van der Waals surface area contributed by atoms with Crippen molar-refractivity contribution in [1.29, 1.82) is 0 Å². The topological polar surface area (TPSA) is 26.3 Å². The Morgan fingerprint density at radius 3 is 1.23 bits per heavy atom. The van der Waals surface area contributed by atoms with Crippen LogP contribution in [0.2, 0.25) is 0 Å². The van der Waals surface area contributed by atoms with Crippen molar-refractivity contribution >= 4 is 6.00 Å². The molecule has 0 saturated carbocycles. The van der Waals surface area contributed by atoms with E-state index < -0.39 is 115 Å². The van der Waals surface area contributed by atoms with Gasteiger partial charge < -0.3 is 0 Å². The van der Waals surface area contributed by atoms with Gasteiger partial charge in [-0.2, -0.15) is 0 Å². The van der Waals surface area contributed by atoms with E-state index in [9.17, 15) is 48.7 Å². The Kier molecular flexibility index (Phi) is 6.32. The monoisotopic (exact) mass is 510 g/mol. The van der Waals surface area contributed by atoms with Gasteiger partial charge in [-0.25, -0.2) is 0 Å². The molecule has 0 bridgehead atoms. The molecule has 142 valence electrons. The predicted molar refractivity (Wildman–Crippen MR) is 57.5 cm³/mol. The summed E-state index contributed by atoms with van der Waals surface area (Å²) in [7, 11) is 0. The van der Waals surface area contributed by atoms with Crippen molar-refractivity contribution in [2.24, 2.45) is 0 Å². The molecule has 0 radical (unpaired) electrons. The molecule has 0 N–H and O–H groups in total. The Labute approximate surface area is 162 Å². The molecule has 13 heteroatoms. The van der Waals surface area contributed by atoms with Gasteiger partial charge in [-0.15, -0.1) is 0 Å². The number of carbonyl (C=O) groups excluding carboxylic acids is 1. The fourth-order valence-corrected chi connectivity index (χ4v) is 2.93. The van der Waals surface area contributed by atoms with Gasteiger partial charge in [0, 0.05) is 0 Å². The molecule has 0 unspecified atom stereocenters. The summed E-state index contributed by atoms with van der Waals surface area (Å²) in [4.78, 5) is 11.5. The molecule has 26 heavy (non-hydrogen) atoms. The zero-order chi connectivity index (χ0) is 19.9. The van der Waals surface area contributed by atoms with Crippen molar-refractivity contribution < 1.29 is 93.6 Å². The molecule has 0 aliphatic rings. The SMILES string of the molecule is O=C(O[Xe]c1c(F)c(F)c(F)c(F)c1F)c1c(F)c(F)c(F)c(F)c1F. The molecule has 0 heterocycles. The standard InChI is InChI=1S/C13F10O2Xe/c14-2-1(3(15)5(17)6(18)4(2)16)13(24)25-26-12-10(22)8(20)7(19)9(21)11(12)23. The Morgan fingerprint density at radius 2 is 0.846 bits per heavy atom. The van der Waals surface area contributed by atoms with Crippen molar-refractivity contribution in [1.82, 2.24) is 0 Å². The Hall–Kier alpha value is -1.22. The Bertz CT molecular complexity index is 872. The van der Waals surface area contributed by atoms with E-state index in [1.807, 2.05) is 0 Å². The third kappa shape index (κ3) is 3.47. The maximum atomic E-state index is 13.4. The molecule has 0 aliphatic carbocycles. The first-order valence-corrected chi connectivity index (χ1v) is 7.70. The van der Waals surface area contributed by atoms with Crippen molar-refractivity contribution in [3.63, 3.8) is 0 Å². The van der Waals surface area contributed by atoms with Gasteiger partial charge in [0.05, 0.1) is 0 Å². The third-order valence-corrected chi connectivity index (χ3v) is 4.61. The second-order valence-electron chi connectivity index (χ2n) is 4.25. The summed E-state index contributed by atoms with van der Waals surface area (Å²) in [5, 5.41) is 0. The summed E-state index contributed by atoms with van der Waals surface area (Å²) in [5.41, 5.74) is -2.08. The minimum atomic E-state index is -2.69. The fourth-order valence-electron chi connectivity index (χ4n) is 1.53. The molecule has 2 aromatic rings. The molecule has 2 rings (SSSR count). The van der Waals surface area contributed by atoms with E-state index in [2.05, 4.69) is 0.0568 Å². The zero-order valence-electron chi connectivity index (χ0n) is 11.4. The van der Waals surface area contributed by atoms with E-state index in [0.717, 1.165) is 0 Å². The summed E-state index contributed by atoms with van der Waals surface area (Å²) in [5.74, 6) is -27.0. The van der Waals surface area contributed by atoms with Gasteiger partial charge in [0.1, 0.15) is 0 Å². The molecule has 0 spiro atoms. The predicted octanol–water partition coefficient (Wildman–Crippen LogP) is 3.56. The molecule has 2 nitrogen and oxygen atoms in total. The number of carbonyl (C=O) groups is 1. The maximum absolute atomic E-state index is 13.4. The summed E-state index contributed by atoms with van der Waals surface area (Å²) >= 11 is -2.69. The van der Waals surface area contributed by atoms with Crippen LogP contribution >= 0.6 is 0 Å². The Morgan fingerprint density at radius 1 is 0.538 bits per heavy atom. The first kappa shape index (κ1) is 21.1. The third-order valence-electron chi connectivity index (χ3n) is 2.73. The molecule has 0 amide bonds. The molecule has 0 aromatic heterocycles. The van der Waals surface area contributed by atoms with Crippen molar-refractivity contribution in [3.8, 4) is 0 Å². The van der Waals surface area contributed by atoms with Crippen LogP contribution in [-0.2, 0) is 0.0568 Å². The van der Waals surface area contributed by atoms with Crippen LogP contribution in [0.5, 0.6) is 0 Å². The van der Waals surface area contributed by atoms with Gasteiger partial charge in [-0.1, -0.05) is 0 Å². The van der Waals surface area contributed by atoms with E-state index in [-0.39, 0.29) is 0 Å². The summed E-state index contributed by atoms with van der Waals surface area (Å²) in [6.07, 6.45) is 0. The molecule has 0 saturated heterocycles. The van der Waals surface area contributed by atoms with Crippen LogP contribution in [-0.4, -0.2) is 5.97 Å². The first-order valence-electron chi connectivity index (χ1n) is 5.87. The number of rotatable bonds is 3. The van der Waals surface area contributed by atoms with Gasteiger partial charge in [0.15, 0.2) is 0 Å². The van der Waals surface area contributed by atoms with E-state index in [4.69, 9.17) is 0 Å². The van der Waals surface area contributed by atoms with Gasteiger partial charge in [0.25, 0.3) is 0 Å². The molecular weight excluding hydrogens is 509 g/mol. The molecule has 0 atom stereocenters. The Balaban J connectivity index is 2.41. The van der Waals surface area contributed by atoms with Crippen LogP contribution in [0.4, 0.5) is 43.9 Å². The minimum absolute atomic E-state index is 1.61. The quantitative estimate of drug-likeness (QED) is 0.360. The van der Waals surface area contributed by atoms with Crippen LogP contribution in [0.3, 0.4) is 0 Å². The second-order valence-corrected chi connectivity index (χ2v) is 6.08. The normalized spacial score (nSPS) is 11.2. The van der Waals surface area contributed by atoms with Gasteiger partial charge in [-0.05, 0) is 0 Å². The average molecular weight is 509 g/mol. The molecule has 0 aliphatic heterocycles. The molecular formula is C13F10O2Xe. The van der Waals surface area contributed by atoms with Crippen LogP contribution in [0.25, 0.3) is 0 Å². The average Bonchev–Trinajstić information content (AvgIpc) is 2.61. The number of hydrogen-bond donors (Lipinski definition) is 0. The molecule has 2 aromatic carbocycles. The van der Waals surface area contributed by atoms with E-state index in [1.165, 1.54) is 0 Å². The van der Waals surface area contributed by atoms with E-state index in [1.54, 1.807) is 0 Å². The number of benzene rings is 2. The fraction of sp³-hybridized carbons (Fsp3) is 0. The number of halogens is 10. The van der Waals surface area contributed by atoms with Gasteiger partial charge >= 0.3 is 163 Å². The van der Waals surface area contributed by atoms with Crippen LogP contribution in [0, 0.1) is 103 Å². The zero-order valence-corrected chi connectivity index (χ0v) is 13.5. The van der Waals surface area contributed by atoms with Crippen molar-refractivity contribution in [3.05, 3.63) is 63.7 Å². The van der Waals surface area contributed by atoms with E-state index in [0.29, 0.717) is 0 Å². The van der Waals surface area contributed by atoms with Crippen molar-refractivity contribution in [2.45, 2.75) is 0 Å². The second kappa shape index (κ2) is 7.80. The van der Waals surface area contributed by atoms with E-state index >= 15 is 0 Å². The number of hydrogen-bond acceptors (Lipinski definition) is 2. The van der Waals surface area contributed by atoms with Crippen LogP contribution in [0.15, 0.2) is 0 Å². The van der Waals surface area contributed by atoms with Crippen molar-refractivity contribution in [2.75, 3.05) is 0 Å².